The summed E-state index contributed by atoms with van der Waals surface area (Å²) < 4.78 is 5.40. The lowest BCUT2D eigenvalue weighted by atomic mass is 9.90. The second kappa shape index (κ2) is 8.93. The van der Waals surface area contributed by atoms with Crippen molar-refractivity contribution in [2.45, 2.75) is 51.7 Å². The summed E-state index contributed by atoms with van der Waals surface area (Å²) in [6, 6.07) is 7.41. The van der Waals surface area contributed by atoms with Gasteiger partial charge < -0.3 is 15.0 Å². The Balaban J connectivity index is 1.57. The number of anilines is 1. The van der Waals surface area contributed by atoms with Gasteiger partial charge in [-0.1, -0.05) is 35.3 Å². The number of ether oxygens (including phenoxy) is 1. The normalized spacial score (nSPS) is 15.7. The molecule has 9 nitrogen and oxygen atoms in total. The maximum absolute atomic E-state index is 12.2. The van der Waals surface area contributed by atoms with Gasteiger partial charge in [-0.2, -0.15) is 15.3 Å². The average Bonchev–Trinajstić information content (AvgIpc) is 3.17. The Hall–Kier alpha value is -3.09. The molecule has 0 atom stereocenters. The maximum Gasteiger partial charge on any atom is 0.408 e. The number of aromatic nitrogens is 4. The third-order valence-corrected chi connectivity index (χ3v) is 6.50. The highest BCUT2D eigenvalue weighted by Crippen LogP contribution is 2.37. The number of alkyl carbamates (subject to hydrolysis) is 1. The molecule has 3 aromatic rings. The van der Waals surface area contributed by atoms with Crippen LogP contribution in [0.3, 0.4) is 0 Å². The van der Waals surface area contributed by atoms with E-state index in [4.69, 9.17) is 27.9 Å². The first-order chi connectivity index (χ1) is 16.0. The molecule has 1 aliphatic rings. The van der Waals surface area contributed by atoms with Gasteiger partial charge in [0, 0.05) is 24.2 Å². The number of amides is 1. The molecular weight excluding hydrogens is 477 g/mol. The van der Waals surface area contributed by atoms with Crippen molar-refractivity contribution in [2.75, 3.05) is 18.0 Å². The Morgan fingerprint density at radius 2 is 1.97 bits per heavy atom. The van der Waals surface area contributed by atoms with Crippen molar-refractivity contribution in [2.24, 2.45) is 0 Å². The van der Waals surface area contributed by atoms with Gasteiger partial charge in [0.1, 0.15) is 11.7 Å². The maximum atomic E-state index is 12.2. The molecule has 0 unspecified atom stereocenters. The highest BCUT2D eigenvalue weighted by atomic mass is 35.5. The van der Waals surface area contributed by atoms with E-state index in [1.54, 1.807) is 18.2 Å². The van der Waals surface area contributed by atoms with Crippen LogP contribution in [0.5, 0.6) is 0 Å². The molecule has 0 spiro atoms. The molecule has 1 aromatic carbocycles. The van der Waals surface area contributed by atoms with Crippen LogP contribution in [0.25, 0.3) is 22.3 Å². The van der Waals surface area contributed by atoms with Gasteiger partial charge in [-0.25, -0.2) is 9.78 Å². The van der Waals surface area contributed by atoms with Gasteiger partial charge in [0.05, 0.1) is 21.1 Å². The van der Waals surface area contributed by atoms with Crippen molar-refractivity contribution in [1.29, 1.82) is 5.26 Å². The minimum absolute atomic E-state index is 0.194. The smallest absolute Gasteiger partial charge is 0.408 e. The molecule has 178 valence electrons. The lowest BCUT2D eigenvalue weighted by Crippen LogP contribution is -2.54. The number of carbonyl (C=O) groups is 1. The minimum Gasteiger partial charge on any atom is -0.444 e. The number of nitrogens with one attached hydrogen (secondary N) is 2. The van der Waals surface area contributed by atoms with Crippen LogP contribution in [0, 0.1) is 11.3 Å². The second-order valence-corrected chi connectivity index (χ2v) is 10.3. The number of benzene rings is 1. The van der Waals surface area contributed by atoms with E-state index in [0.29, 0.717) is 64.2 Å². The summed E-state index contributed by atoms with van der Waals surface area (Å²) >= 11 is 12.5. The molecule has 0 saturated carbocycles. The van der Waals surface area contributed by atoms with Crippen molar-refractivity contribution >= 4 is 46.3 Å². The van der Waals surface area contributed by atoms with Crippen LogP contribution in [-0.4, -0.2) is 50.5 Å². The van der Waals surface area contributed by atoms with Gasteiger partial charge in [0.2, 0.25) is 5.95 Å². The quantitative estimate of drug-likeness (QED) is 0.512. The lowest BCUT2D eigenvalue weighted by molar-refractivity contribution is 0.0448. The zero-order chi connectivity index (χ0) is 24.7. The number of halogens is 2. The van der Waals surface area contributed by atoms with Gasteiger partial charge in [0.25, 0.3) is 0 Å². The predicted octanol–water partition coefficient (Wildman–Crippen LogP) is 5.08. The Kier molecular flexibility index (Phi) is 6.32. The molecule has 2 aromatic heterocycles. The fourth-order valence-corrected chi connectivity index (χ4v) is 4.30. The van der Waals surface area contributed by atoms with Crippen molar-refractivity contribution in [3.63, 3.8) is 0 Å². The molecule has 1 amide bonds. The Morgan fingerprint density at radius 1 is 1.26 bits per heavy atom. The van der Waals surface area contributed by atoms with Crippen LogP contribution in [0.1, 0.15) is 46.2 Å². The van der Waals surface area contributed by atoms with Gasteiger partial charge in [-0.3, -0.25) is 5.10 Å². The standard InChI is InChI=1S/C23H25Cl2N7O2/c1-22(2,3)34-21(33)29-23(4)8-10-32(11-9-23)20-27-15(12-26)16-18(30-31-19(16)28-20)13-6-5-7-14(24)17(13)25/h5-7H,8-11H2,1-4H3,(H,29,33)(H,27,28,30,31). The number of hydrogen-bond donors (Lipinski definition) is 2. The Bertz CT molecular complexity index is 1280. The summed E-state index contributed by atoms with van der Waals surface area (Å²) in [5.41, 5.74) is 0.747. The van der Waals surface area contributed by atoms with E-state index >= 15 is 0 Å². The van der Waals surface area contributed by atoms with Crippen molar-refractivity contribution in [3.05, 3.63) is 33.9 Å². The molecule has 1 aliphatic heterocycles. The van der Waals surface area contributed by atoms with Crippen LogP contribution >= 0.6 is 23.2 Å². The fraction of sp³-hybridized carbons (Fsp3) is 0.435. The van der Waals surface area contributed by atoms with E-state index in [-0.39, 0.29) is 5.69 Å². The molecule has 2 N–H and O–H groups in total. The van der Waals surface area contributed by atoms with E-state index in [9.17, 15) is 10.1 Å². The number of fused-ring (bicyclic) bond motifs is 1. The molecule has 11 heteroatoms. The van der Waals surface area contributed by atoms with E-state index < -0.39 is 17.2 Å². The summed E-state index contributed by atoms with van der Waals surface area (Å²) in [6.07, 6.45) is 0.899. The van der Waals surface area contributed by atoms with Crippen LogP contribution in [0.15, 0.2) is 18.2 Å². The van der Waals surface area contributed by atoms with Gasteiger partial charge in [-0.15, -0.1) is 0 Å². The SMILES string of the molecule is CC1(NC(=O)OC(C)(C)C)CCN(c2nc(C#N)c3c(-c4cccc(Cl)c4Cl)[nH]nc3n2)CC1. The first-order valence-electron chi connectivity index (χ1n) is 10.9. The molecule has 1 fully saturated rings. The number of hydrogen-bond acceptors (Lipinski definition) is 7. The summed E-state index contributed by atoms with van der Waals surface area (Å²) in [7, 11) is 0. The lowest BCUT2D eigenvalue weighted by Gasteiger charge is -2.40. The number of aromatic amines is 1. The van der Waals surface area contributed by atoms with Crippen molar-refractivity contribution in [3.8, 4) is 17.3 Å². The van der Waals surface area contributed by atoms with Crippen molar-refractivity contribution < 1.29 is 9.53 Å². The van der Waals surface area contributed by atoms with E-state index in [2.05, 4.69) is 31.6 Å². The zero-order valence-corrected chi connectivity index (χ0v) is 20.9. The highest BCUT2D eigenvalue weighted by molar-refractivity contribution is 6.43. The molecule has 4 rings (SSSR count). The van der Waals surface area contributed by atoms with Crippen LogP contribution < -0.4 is 10.2 Å². The number of rotatable bonds is 3. The van der Waals surface area contributed by atoms with E-state index in [1.165, 1.54) is 0 Å². The first-order valence-corrected chi connectivity index (χ1v) is 11.6. The summed E-state index contributed by atoms with van der Waals surface area (Å²) in [4.78, 5) is 23.3. The number of nitrogens with zero attached hydrogens (tertiary/aromatic N) is 5. The summed E-state index contributed by atoms with van der Waals surface area (Å²) in [5.74, 6) is 0.415. The highest BCUT2D eigenvalue weighted by Gasteiger charge is 2.34. The predicted molar refractivity (Wildman–Crippen MR) is 131 cm³/mol. The zero-order valence-electron chi connectivity index (χ0n) is 19.4. The number of H-pyrrole nitrogens is 1. The molecule has 0 radical (unpaired) electrons. The van der Waals surface area contributed by atoms with E-state index in [1.807, 2.05) is 32.6 Å². The van der Waals surface area contributed by atoms with E-state index in [0.717, 1.165) is 0 Å². The number of piperidine rings is 1. The minimum atomic E-state index is -0.560. The van der Waals surface area contributed by atoms with Gasteiger partial charge >= 0.3 is 6.09 Å². The number of carbonyl (C=O) groups excluding carboxylic acids is 1. The third kappa shape index (κ3) is 4.88. The first kappa shape index (κ1) is 24.0. The monoisotopic (exact) mass is 501 g/mol. The topological polar surface area (TPSA) is 120 Å². The van der Waals surface area contributed by atoms with Crippen molar-refractivity contribution in [1.82, 2.24) is 25.5 Å². The Morgan fingerprint density at radius 3 is 2.62 bits per heavy atom. The van der Waals surface area contributed by atoms with Crippen LogP contribution in [0.2, 0.25) is 10.0 Å². The molecule has 3 heterocycles. The molecule has 0 bridgehead atoms. The Labute approximate surface area is 207 Å². The second-order valence-electron chi connectivity index (χ2n) is 9.56. The summed E-state index contributed by atoms with van der Waals surface area (Å²) in [5, 5.41) is 21.3. The largest absolute Gasteiger partial charge is 0.444 e. The molecule has 1 saturated heterocycles. The van der Waals surface area contributed by atoms with Gasteiger partial charge in [0.15, 0.2) is 11.3 Å². The molecule has 0 aliphatic carbocycles. The fourth-order valence-electron chi connectivity index (χ4n) is 3.90. The van der Waals surface area contributed by atoms with Crippen LogP contribution in [0.4, 0.5) is 10.7 Å². The summed E-state index contributed by atoms with van der Waals surface area (Å²) in [6.45, 7) is 8.68. The number of nitriles is 1. The van der Waals surface area contributed by atoms with Crippen LogP contribution in [-0.2, 0) is 4.74 Å². The van der Waals surface area contributed by atoms with Gasteiger partial charge in [-0.05, 0) is 46.6 Å². The molecular formula is C23H25Cl2N7O2. The average molecular weight is 502 g/mol. The molecule has 34 heavy (non-hydrogen) atoms. The third-order valence-electron chi connectivity index (χ3n) is 5.68.